The summed E-state index contributed by atoms with van der Waals surface area (Å²) >= 11 is 12.0. The molecule has 0 aliphatic rings. The van der Waals surface area contributed by atoms with Crippen LogP contribution in [-0.2, 0) is 13.2 Å². The Kier molecular flexibility index (Phi) is 8.56. The Hall–Kier alpha value is -3.00. The highest BCUT2D eigenvalue weighted by Crippen LogP contribution is 2.32. The number of methoxy groups -OCH3 is 1. The zero-order valence-corrected chi connectivity index (χ0v) is 18.9. The van der Waals surface area contributed by atoms with E-state index in [1.54, 1.807) is 13.2 Å². The van der Waals surface area contributed by atoms with E-state index in [2.05, 4.69) is 10.6 Å². The van der Waals surface area contributed by atoms with Crippen molar-refractivity contribution in [2.45, 2.75) is 13.2 Å². The summed E-state index contributed by atoms with van der Waals surface area (Å²) in [6, 6.07) is 17.6. The Bertz CT molecular complexity index is 1060. The molecule has 0 saturated heterocycles. The minimum Gasteiger partial charge on any atom is -0.493 e. The predicted molar refractivity (Wildman–Crippen MR) is 127 cm³/mol. The monoisotopic (exact) mass is 475 g/mol. The smallest absolute Gasteiger partial charge is 0.271 e. The van der Waals surface area contributed by atoms with E-state index in [9.17, 15) is 10.1 Å². The highest BCUT2D eigenvalue weighted by Gasteiger charge is 2.12. The first kappa shape index (κ1) is 23.7. The van der Waals surface area contributed by atoms with Crippen LogP contribution < -0.4 is 20.1 Å². The van der Waals surface area contributed by atoms with Crippen molar-refractivity contribution in [3.05, 3.63) is 92.0 Å². The van der Waals surface area contributed by atoms with E-state index in [-0.39, 0.29) is 5.69 Å². The van der Waals surface area contributed by atoms with Gasteiger partial charge in [-0.25, -0.2) is 0 Å². The summed E-state index contributed by atoms with van der Waals surface area (Å²) in [5.74, 6) is 1.35. The number of benzene rings is 3. The number of anilines is 1. The van der Waals surface area contributed by atoms with Gasteiger partial charge in [0.05, 0.1) is 22.7 Å². The molecule has 168 valence electrons. The van der Waals surface area contributed by atoms with Crippen LogP contribution in [0.25, 0.3) is 0 Å². The zero-order chi connectivity index (χ0) is 22.9. The lowest BCUT2D eigenvalue weighted by molar-refractivity contribution is -0.384. The van der Waals surface area contributed by atoms with Crippen LogP contribution >= 0.6 is 23.2 Å². The molecule has 0 aliphatic heterocycles. The molecule has 0 radical (unpaired) electrons. The van der Waals surface area contributed by atoms with E-state index in [0.717, 1.165) is 11.1 Å². The topological polar surface area (TPSA) is 85.7 Å². The van der Waals surface area contributed by atoms with E-state index >= 15 is 0 Å². The molecule has 0 amide bonds. The normalized spacial score (nSPS) is 10.6. The molecule has 0 saturated carbocycles. The van der Waals surface area contributed by atoms with Gasteiger partial charge in [-0.15, -0.1) is 0 Å². The van der Waals surface area contributed by atoms with Gasteiger partial charge in [0, 0.05) is 42.4 Å². The van der Waals surface area contributed by atoms with Crippen molar-refractivity contribution in [1.29, 1.82) is 0 Å². The van der Waals surface area contributed by atoms with E-state index in [4.69, 9.17) is 32.7 Å². The van der Waals surface area contributed by atoms with Gasteiger partial charge >= 0.3 is 0 Å². The summed E-state index contributed by atoms with van der Waals surface area (Å²) < 4.78 is 11.5. The van der Waals surface area contributed by atoms with E-state index < -0.39 is 4.92 Å². The number of rotatable bonds is 11. The molecule has 3 aromatic carbocycles. The molecule has 0 fully saturated rings. The molecule has 0 aliphatic carbocycles. The minimum atomic E-state index is -0.474. The molecule has 2 N–H and O–H groups in total. The van der Waals surface area contributed by atoms with Gasteiger partial charge in [-0.2, -0.15) is 0 Å². The summed E-state index contributed by atoms with van der Waals surface area (Å²) in [4.78, 5) is 10.3. The Labute approximate surface area is 196 Å². The number of nitro benzene ring substituents is 1. The van der Waals surface area contributed by atoms with Gasteiger partial charge in [-0.05, 0) is 29.8 Å². The number of hydrogen-bond acceptors (Lipinski definition) is 6. The molecule has 9 heteroatoms. The molecule has 3 aromatic rings. The molecule has 7 nitrogen and oxygen atoms in total. The second-order valence-corrected chi connectivity index (χ2v) is 7.73. The number of para-hydroxylation sites is 1. The highest BCUT2D eigenvalue weighted by atomic mass is 35.5. The Morgan fingerprint density at radius 2 is 1.81 bits per heavy atom. The second-order valence-electron chi connectivity index (χ2n) is 6.89. The predicted octanol–water partition coefficient (Wildman–Crippen LogP) is 5.69. The molecule has 0 spiro atoms. The molecule has 0 atom stereocenters. The number of halogens is 2. The number of nitrogens with zero attached hydrogens (tertiary/aromatic N) is 1. The Morgan fingerprint density at radius 1 is 1.03 bits per heavy atom. The maximum Gasteiger partial charge on any atom is 0.271 e. The van der Waals surface area contributed by atoms with Crippen LogP contribution in [0.4, 0.5) is 11.4 Å². The second kappa shape index (κ2) is 11.6. The van der Waals surface area contributed by atoms with Crippen molar-refractivity contribution < 1.29 is 14.4 Å². The van der Waals surface area contributed by atoms with E-state index in [0.29, 0.717) is 53.5 Å². The first-order valence-corrected chi connectivity index (χ1v) is 10.6. The quantitative estimate of drug-likeness (QED) is 0.210. The van der Waals surface area contributed by atoms with E-state index in [1.165, 1.54) is 12.1 Å². The van der Waals surface area contributed by atoms with Crippen molar-refractivity contribution in [2.24, 2.45) is 0 Å². The summed E-state index contributed by atoms with van der Waals surface area (Å²) in [6.45, 7) is 2.19. The van der Waals surface area contributed by atoms with Crippen molar-refractivity contribution in [3.8, 4) is 11.5 Å². The van der Waals surface area contributed by atoms with Gasteiger partial charge in [0.1, 0.15) is 6.61 Å². The Balaban J connectivity index is 1.54. The molecule has 0 bridgehead atoms. The maximum absolute atomic E-state index is 10.8. The van der Waals surface area contributed by atoms with Crippen molar-refractivity contribution in [1.82, 2.24) is 5.32 Å². The average molecular weight is 476 g/mol. The zero-order valence-electron chi connectivity index (χ0n) is 17.4. The number of ether oxygens (including phenoxy) is 2. The lowest BCUT2D eigenvalue weighted by Gasteiger charge is -2.16. The average Bonchev–Trinajstić information content (AvgIpc) is 2.79. The number of nitrogens with one attached hydrogen (secondary N) is 2. The molecule has 3 rings (SSSR count). The number of non-ortho nitro benzene ring substituents is 1. The van der Waals surface area contributed by atoms with Crippen molar-refractivity contribution in [2.75, 3.05) is 25.5 Å². The van der Waals surface area contributed by atoms with Crippen molar-refractivity contribution in [3.63, 3.8) is 0 Å². The van der Waals surface area contributed by atoms with Crippen LogP contribution in [0.2, 0.25) is 10.0 Å². The van der Waals surface area contributed by atoms with Crippen molar-refractivity contribution >= 4 is 34.6 Å². The summed E-state index contributed by atoms with van der Waals surface area (Å²) in [7, 11) is 1.61. The lowest BCUT2D eigenvalue weighted by atomic mass is 10.1. The number of nitro groups is 1. The van der Waals surface area contributed by atoms with Crippen LogP contribution in [0, 0.1) is 10.1 Å². The molecular formula is C23H23Cl2N3O4. The fraction of sp³-hybridized carbons (Fsp3) is 0.217. The van der Waals surface area contributed by atoms with Crippen LogP contribution in [0.15, 0.2) is 60.7 Å². The fourth-order valence-electron chi connectivity index (χ4n) is 3.03. The third kappa shape index (κ3) is 6.50. The third-order valence-electron chi connectivity index (χ3n) is 4.67. The van der Waals surface area contributed by atoms with Crippen LogP contribution in [-0.4, -0.2) is 25.1 Å². The number of hydrogen-bond donors (Lipinski definition) is 2. The van der Waals surface area contributed by atoms with Gasteiger partial charge in [0.25, 0.3) is 5.69 Å². The van der Waals surface area contributed by atoms with Crippen LogP contribution in [0.5, 0.6) is 11.5 Å². The fourth-order valence-corrected chi connectivity index (χ4v) is 3.40. The van der Waals surface area contributed by atoms with Gasteiger partial charge in [-0.1, -0.05) is 47.5 Å². The lowest BCUT2D eigenvalue weighted by Crippen LogP contribution is -2.22. The molecule has 0 aromatic heterocycles. The third-order valence-corrected chi connectivity index (χ3v) is 5.24. The standard InChI is InChI=1S/C23H23Cl2N3O4/c1-31-22-4-2-3-17(23(22)32-15-16-5-7-18(24)8-6-16)14-26-11-12-27-21-10-9-19(28(29)30)13-20(21)25/h2-10,13,26-27H,11-12,14-15H2,1H3. The van der Waals surface area contributed by atoms with Gasteiger partial charge in [0.15, 0.2) is 11.5 Å². The van der Waals surface area contributed by atoms with Gasteiger partial charge in [0.2, 0.25) is 0 Å². The van der Waals surface area contributed by atoms with Gasteiger partial charge < -0.3 is 20.1 Å². The first-order valence-electron chi connectivity index (χ1n) is 9.89. The highest BCUT2D eigenvalue weighted by molar-refractivity contribution is 6.33. The van der Waals surface area contributed by atoms with Gasteiger partial charge in [-0.3, -0.25) is 10.1 Å². The largest absolute Gasteiger partial charge is 0.493 e. The minimum absolute atomic E-state index is 0.0390. The maximum atomic E-state index is 10.8. The summed E-state index contributed by atoms with van der Waals surface area (Å²) in [6.07, 6.45) is 0. The first-order chi connectivity index (χ1) is 15.5. The summed E-state index contributed by atoms with van der Waals surface area (Å²) in [5, 5.41) is 18.3. The molecule has 32 heavy (non-hydrogen) atoms. The molecular weight excluding hydrogens is 453 g/mol. The van der Waals surface area contributed by atoms with Crippen LogP contribution in [0.3, 0.4) is 0 Å². The van der Waals surface area contributed by atoms with E-state index in [1.807, 2.05) is 42.5 Å². The summed E-state index contributed by atoms with van der Waals surface area (Å²) in [5.41, 5.74) is 2.57. The molecule has 0 heterocycles. The van der Waals surface area contributed by atoms with Crippen LogP contribution in [0.1, 0.15) is 11.1 Å². The molecule has 0 unspecified atom stereocenters. The Morgan fingerprint density at radius 3 is 2.50 bits per heavy atom. The SMILES string of the molecule is COc1cccc(CNCCNc2ccc([N+](=O)[O-])cc2Cl)c1OCc1ccc(Cl)cc1.